The molecule has 1 aromatic heterocycles. The molecule has 6 nitrogen and oxygen atoms in total. The van der Waals surface area contributed by atoms with E-state index in [1.54, 1.807) is 0 Å². The van der Waals surface area contributed by atoms with Crippen molar-refractivity contribution in [2.45, 2.75) is 64.2 Å². The van der Waals surface area contributed by atoms with E-state index in [-0.39, 0.29) is 25.2 Å². The monoisotopic (exact) mass is 443 g/mol. The summed E-state index contributed by atoms with van der Waals surface area (Å²) in [6.07, 6.45) is 6.57. The number of benzene rings is 1. The number of carbonyl (C=O) groups excluding carboxylic acids is 2. The largest absolute Gasteiger partial charge is 0.481 e. The molecule has 1 fully saturated rings. The number of amides is 1. The van der Waals surface area contributed by atoms with E-state index in [0.29, 0.717) is 16.5 Å². The number of carboxylic acid groups (broad SMARTS) is 1. The summed E-state index contributed by atoms with van der Waals surface area (Å²) in [5.74, 6) is -1.15. The highest BCUT2D eigenvalue weighted by Crippen LogP contribution is 2.41. The van der Waals surface area contributed by atoms with Gasteiger partial charge < -0.3 is 15.2 Å². The van der Waals surface area contributed by atoms with E-state index in [1.165, 1.54) is 56.1 Å². The Kier molecular flexibility index (Phi) is 7.85. The molecule has 166 valence electrons. The topological polar surface area (TPSA) is 92.7 Å². The van der Waals surface area contributed by atoms with Crippen molar-refractivity contribution in [3.8, 4) is 11.1 Å². The summed E-state index contributed by atoms with van der Waals surface area (Å²) in [7, 11) is 1.32. The fraction of sp³-hybridized carbons (Fsp3) is 0.458. The normalized spacial score (nSPS) is 14.3. The van der Waals surface area contributed by atoms with Gasteiger partial charge in [-0.3, -0.25) is 9.59 Å². The van der Waals surface area contributed by atoms with Crippen molar-refractivity contribution in [3.05, 3.63) is 40.3 Å². The first-order valence-electron chi connectivity index (χ1n) is 10.7. The van der Waals surface area contributed by atoms with Crippen molar-refractivity contribution in [2.75, 3.05) is 12.4 Å². The molecule has 2 aromatic rings. The average molecular weight is 444 g/mol. The summed E-state index contributed by atoms with van der Waals surface area (Å²) in [6, 6.07) is 8.38. The third-order valence-electron chi connectivity index (χ3n) is 5.80. The van der Waals surface area contributed by atoms with Gasteiger partial charge >= 0.3 is 11.9 Å². The number of aryl methyl sites for hydroxylation is 1. The van der Waals surface area contributed by atoms with E-state index in [2.05, 4.69) is 17.4 Å². The van der Waals surface area contributed by atoms with Crippen LogP contribution in [0.25, 0.3) is 11.1 Å². The Morgan fingerprint density at radius 3 is 2.39 bits per heavy atom. The maximum absolute atomic E-state index is 12.6. The molecule has 0 saturated heterocycles. The Balaban J connectivity index is 1.85. The number of hydrogen-bond donors (Lipinski definition) is 2. The molecule has 1 aliphatic rings. The lowest BCUT2D eigenvalue weighted by Gasteiger charge is -2.22. The molecule has 0 bridgehead atoms. The molecule has 1 amide bonds. The number of hydrogen-bond acceptors (Lipinski definition) is 5. The third kappa shape index (κ3) is 5.73. The zero-order valence-electron chi connectivity index (χ0n) is 18.0. The Bertz CT molecular complexity index is 942. The molecular weight excluding hydrogens is 414 g/mol. The first-order chi connectivity index (χ1) is 14.9. The smallest absolute Gasteiger partial charge is 0.341 e. The average Bonchev–Trinajstić information content (AvgIpc) is 3.09. The Morgan fingerprint density at radius 1 is 1.10 bits per heavy atom. The number of nitrogens with one attached hydrogen (secondary N) is 1. The van der Waals surface area contributed by atoms with E-state index in [1.807, 2.05) is 19.1 Å². The summed E-state index contributed by atoms with van der Waals surface area (Å²) in [4.78, 5) is 36.4. The van der Waals surface area contributed by atoms with Crippen molar-refractivity contribution in [2.24, 2.45) is 0 Å². The molecular formula is C24H29NO5S. The number of carbonyl (C=O) groups is 3. The lowest BCUT2D eigenvalue weighted by atomic mass is 9.83. The molecule has 0 unspecified atom stereocenters. The predicted octanol–water partition coefficient (Wildman–Crippen LogP) is 5.75. The number of anilines is 1. The van der Waals surface area contributed by atoms with Gasteiger partial charge in [0.25, 0.3) is 0 Å². The van der Waals surface area contributed by atoms with Gasteiger partial charge in [-0.2, -0.15) is 0 Å². The Morgan fingerprint density at radius 2 is 1.77 bits per heavy atom. The summed E-state index contributed by atoms with van der Waals surface area (Å²) in [5.41, 5.74) is 3.37. The molecule has 0 spiro atoms. The zero-order valence-corrected chi connectivity index (χ0v) is 18.8. The second-order valence-corrected chi connectivity index (χ2v) is 9.21. The van der Waals surface area contributed by atoms with Crippen LogP contribution in [-0.4, -0.2) is 30.1 Å². The van der Waals surface area contributed by atoms with Crippen LogP contribution >= 0.6 is 11.3 Å². The quantitative estimate of drug-likeness (QED) is 0.507. The molecule has 2 N–H and O–H groups in total. The molecule has 3 rings (SSSR count). The molecule has 0 radical (unpaired) electrons. The molecule has 0 atom stereocenters. The molecule has 1 aliphatic carbocycles. The lowest BCUT2D eigenvalue weighted by Crippen LogP contribution is -2.14. The number of carboxylic acids is 1. The van der Waals surface area contributed by atoms with Crippen molar-refractivity contribution in [3.63, 3.8) is 0 Å². The highest BCUT2D eigenvalue weighted by atomic mass is 32.1. The summed E-state index contributed by atoms with van der Waals surface area (Å²) >= 11 is 1.33. The second-order valence-electron chi connectivity index (χ2n) is 7.98. The van der Waals surface area contributed by atoms with Gasteiger partial charge in [0.1, 0.15) is 10.6 Å². The van der Waals surface area contributed by atoms with Gasteiger partial charge in [0, 0.05) is 23.3 Å². The van der Waals surface area contributed by atoms with Crippen molar-refractivity contribution in [1.82, 2.24) is 0 Å². The minimum Gasteiger partial charge on any atom is -0.481 e. The number of thiophene rings is 1. The fourth-order valence-corrected chi connectivity index (χ4v) is 5.30. The minimum atomic E-state index is -0.936. The zero-order chi connectivity index (χ0) is 22.4. The summed E-state index contributed by atoms with van der Waals surface area (Å²) in [6.45, 7) is 1.92. The number of rotatable bonds is 8. The van der Waals surface area contributed by atoms with Crippen LogP contribution in [0.5, 0.6) is 0 Å². The standard InChI is InChI=1S/C24H29NO5S/c1-15-21(18-13-11-17(12-14-18)16-7-4-3-5-8-16)22(24(29)30-2)23(31-15)25-19(26)9-6-10-20(27)28/h11-14,16H,3-10H2,1-2H3,(H,25,26)(H,27,28). The van der Waals surface area contributed by atoms with Gasteiger partial charge in [0.15, 0.2) is 0 Å². The van der Waals surface area contributed by atoms with Crippen LogP contribution in [0.4, 0.5) is 5.00 Å². The first-order valence-corrected chi connectivity index (χ1v) is 11.6. The molecule has 1 heterocycles. The summed E-state index contributed by atoms with van der Waals surface area (Å²) < 4.78 is 5.00. The van der Waals surface area contributed by atoms with Crippen LogP contribution in [0.2, 0.25) is 0 Å². The molecule has 1 aromatic carbocycles. The van der Waals surface area contributed by atoms with Crippen LogP contribution in [-0.2, 0) is 14.3 Å². The Labute approximate surface area is 186 Å². The maximum atomic E-state index is 12.6. The van der Waals surface area contributed by atoms with Gasteiger partial charge in [-0.25, -0.2) is 4.79 Å². The van der Waals surface area contributed by atoms with Crippen molar-refractivity contribution in [1.29, 1.82) is 0 Å². The summed E-state index contributed by atoms with van der Waals surface area (Å²) in [5, 5.41) is 12.0. The van der Waals surface area contributed by atoms with E-state index >= 15 is 0 Å². The Hall–Kier alpha value is -2.67. The molecule has 0 aliphatic heterocycles. The fourth-order valence-electron chi connectivity index (χ4n) is 4.22. The third-order valence-corrected chi connectivity index (χ3v) is 6.82. The van der Waals surface area contributed by atoms with Crippen LogP contribution in [0, 0.1) is 6.92 Å². The van der Waals surface area contributed by atoms with E-state index in [9.17, 15) is 14.4 Å². The SMILES string of the molecule is COC(=O)c1c(NC(=O)CCCC(=O)O)sc(C)c1-c1ccc(C2CCCCC2)cc1. The predicted molar refractivity (Wildman–Crippen MR) is 122 cm³/mol. The maximum Gasteiger partial charge on any atom is 0.341 e. The van der Waals surface area contributed by atoms with Gasteiger partial charge in [-0.15, -0.1) is 11.3 Å². The van der Waals surface area contributed by atoms with Gasteiger partial charge in [-0.1, -0.05) is 43.5 Å². The van der Waals surface area contributed by atoms with Crippen LogP contribution in [0.1, 0.15) is 78.1 Å². The lowest BCUT2D eigenvalue weighted by molar-refractivity contribution is -0.137. The second kappa shape index (κ2) is 10.6. The number of ether oxygens (including phenoxy) is 1. The van der Waals surface area contributed by atoms with Crippen LogP contribution < -0.4 is 5.32 Å². The molecule has 1 saturated carbocycles. The van der Waals surface area contributed by atoms with E-state index in [4.69, 9.17) is 9.84 Å². The van der Waals surface area contributed by atoms with Gasteiger partial charge in [0.2, 0.25) is 5.91 Å². The molecule has 31 heavy (non-hydrogen) atoms. The number of esters is 1. The van der Waals surface area contributed by atoms with E-state index in [0.717, 1.165) is 16.0 Å². The first kappa shape index (κ1) is 23.0. The van der Waals surface area contributed by atoms with Gasteiger partial charge in [-0.05, 0) is 43.2 Å². The van der Waals surface area contributed by atoms with E-state index < -0.39 is 11.9 Å². The van der Waals surface area contributed by atoms with Crippen molar-refractivity contribution >= 4 is 34.2 Å². The minimum absolute atomic E-state index is 0.0701. The molecule has 7 heteroatoms. The van der Waals surface area contributed by atoms with Crippen LogP contribution in [0.3, 0.4) is 0 Å². The van der Waals surface area contributed by atoms with Crippen LogP contribution in [0.15, 0.2) is 24.3 Å². The van der Waals surface area contributed by atoms with Gasteiger partial charge in [0.05, 0.1) is 7.11 Å². The highest BCUT2D eigenvalue weighted by molar-refractivity contribution is 7.17. The highest BCUT2D eigenvalue weighted by Gasteiger charge is 2.25. The number of methoxy groups -OCH3 is 1. The number of aliphatic carboxylic acids is 1. The van der Waals surface area contributed by atoms with Crippen molar-refractivity contribution < 1.29 is 24.2 Å².